The molecule has 0 saturated carbocycles. The highest BCUT2D eigenvalue weighted by atomic mass is 79.9. The maximum atomic E-state index is 13.3. The molecule has 110 valence electrons. The van der Waals surface area contributed by atoms with Crippen LogP contribution in [0.25, 0.3) is 0 Å². The van der Waals surface area contributed by atoms with Gasteiger partial charge in [-0.1, -0.05) is 28.1 Å². The van der Waals surface area contributed by atoms with Crippen LogP contribution in [-0.2, 0) is 12.8 Å². The van der Waals surface area contributed by atoms with Gasteiger partial charge in [-0.15, -0.1) is 0 Å². The molecule has 1 unspecified atom stereocenters. The topological polar surface area (TPSA) is 29.5 Å². The molecule has 0 amide bonds. The Morgan fingerprint density at radius 1 is 1.24 bits per heavy atom. The lowest BCUT2D eigenvalue weighted by Crippen LogP contribution is -2.00. The molecule has 4 heteroatoms. The van der Waals surface area contributed by atoms with Crippen molar-refractivity contribution in [3.05, 3.63) is 63.4 Å². The molecule has 3 rings (SSSR count). The van der Waals surface area contributed by atoms with Crippen LogP contribution in [0.3, 0.4) is 0 Å². The Morgan fingerprint density at radius 2 is 2.10 bits per heavy atom. The van der Waals surface area contributed by atoms with Crippen LogP contribution < -0.4 is 4.74 Å². The van der Waals surface area contributed by atoms with Gasteiger partial charge in [0.2, 0.25) is 0 Å². The predicted octanol–water partition coefficient (Wildman–Crippen LogP) is 4.19. The van der Waals surface area contributed by atoms with Crippen molar-refractivity contribution in [1.29, 1.82) is 0 Å². The zero-order valence-corrected chi connectivity index (χ0v) is 13.1. The van der Waals surface area contributed by atoms with E-state index in [-0.39, 0.29) is 5.82 Å². The number of aryl methyl sites for hydroxylation is 1. The van der Waals surface area contributed by atoms with Gasteiger partial charge in [0, 0.05) is 10.9 Å². The van der Waals surface area contributed by atoms with Gasteiger partial charge < -0.3 is 9.84 Å². The van der Waals surface area contributed by atoms with Crippen molar-refractivity contribution in [1.82, 2.24) is 0 Å². The summed E-state index contributed by atoms with van der Waals surface area (Å²) in [5.41, 5.74) is 3.01. The normalized spacial score (nSPS) is 14.6. The van der Waals surface area contributed by atoms with Crippen molar-refractivity contribution in [3.63, 3.8) is 0 Å². The first-order valence-corrected chi connectivity index (χ1v) is 7.80. The highest BCUT2D eigenvalue weighted by Crippen LogP contribution is 2.28. The first-order chi connectivity index (χ1) is 10.1. The fourth-order valence-corrected chi connectivity index (χ4v) is 3.12. The molecule has 0 radical (unpaired) electrons. The number of hydrogen-bond acceptors (Lipinski definition) is 2. The Morgan fingerprint density at radius 3 is 2.90 bits per heavy atom. The lowest BCUT2D eigenvalue weighted by Gasteiger charge is -2.12. The zero-order valence-electron chi connectivity index (χ0n) is 11.5. The molecule has 1 atom stereocenters. The van der Waals surface area contributed by atoms with Crippen molar-refractivity contribution in [2.24, 2.45) is 0 Å². The third-order valence-electron chi connectivity index (χ3n) is 3.73. The minimum absolute atomic E-state index is 0.340. The molecular formula is C17H16BrFO2. The molecule has 1 N–H and O–H groups in total. The largest absolute Gasteiger partial charge is 0.493 e. The average molecular weight is 351 g/mol. The van der Waals surface area contributed by atoms with Crippen molar-refractivity contribution < 1.29 is 14.2 Å². The van der Waals surface area contributed by atoms with Gasteiger partial charge in [-0.2, -0.15) is 0 Å². The molecule has 0 saturated heterocycles. The van der Waals surface area contributed by atoms with Crippen molar-refractivity contribution in [2.45, 2.75) is 25.4 Å². The Balaban J connectivity index is 1.66. The maximum Gasteiger partial charge on any atom is 0.124 e. The smallest absolute Gasteiger partial charge is 0.124 e. The summed E-state index contributed by atoms with van der Waals surface area (Å²) in [7, 11) is 0. The molecule has 0 spiro atoms. The summed E-state index contributed by atoms with van der Waals surface area (Å²) in [4.78, 5) is 0. The number of aliphatic hydroxyl groups excluding tert-OH is 1. The maximum absolute atomic E-state index is 13.3. The Labute approximate surface area is 131 Å². The van der Waals surface area contributed by atoms with E-state index in [1.165, 1.54) is 23.3 Å². The first kappa shape index (κ1) is 14.5. The van der Waals surface area contributed by atoms with E-state index in [0.29, 0.717) is 16.5 Å². The molecule has 1 aliphatic heterocycles. The third kappa shape index (κ3) is 3.44. The van der Waals surface area contributed by atoms with Crippen LogP contribution >= 0.6 is 15.9 Å². The summed E-state index contributed by atoms with van der Waals surface area (Å²) in [5, 5.41) is 10.2. The SMILES string of the molecule is OC(CCc1ccc2c(c1)CCO2)c1cc(F)cc(Br)c1. The number of halogens is 2. The van der Waals surface area contributed by atoms with E-state index < -0.39 is 6.10 Å². The fraction of sp³-hybridized carbons (Fsp3) is 0.294. The van der Waals surface area contributed by atoms with E-state index in [1.54, 1.807) is 6.07 Å². The number of hydrogen-bond donors (Lipinski definition) is 1. The Kier molecular flexibility index (Phi) is 4.27. The van der Waals surface area contributed by atoms with Crippen LogP contribution in [0.1, 0.15) is 29.2 Å². The standard InChI is InChI=1S/C17H16BrFO2/c18-14-8-13(9-15(19)10-14)16(20)3-1-11-2-4-17-12(7-11)5-6-21-17/h2,4,7-10,16,20H,1,3,5-6H2. The number of ether oxygens (including phenoxy) is 1. The molecule has 2 nitrogen and oxygen atoms in total. The number of rotatable bonds is 4. The van der Waals surface area contributed by atoms with Crippen LogP contribution in [0, 0.1) is 5.82 Å². The van der Waals surface area contributed by atoms with Gasteiger partial charge >= 0.3 is 0 Å². The van der Waals surface area contributed by atoms with Crippen LogP contribution in [-0.4, -0.2) is 11.7 Å². The quantitative estimate of drug-likeness (QED) is 0.895. The molecule has 2 aromatic carbocycles. The summed E-state index contributed by atoms with van der Waals surface area (Å²) in [6.07, 6.45) is 1.60. The van der Waals surface area contributed by atoms with E-state index in [9.17, 15) is 9.50 Å². The summed E-state index contributed by atoms with van der Waals surface area (Å²) in [6, 6.07) is 10.7. The average Bonchev–Trinajstić information content (AvgIpc) is 2.91. The number of benzene rings is 2. The second-order valence-corrected chi connectivity index (χ2v) is 6.21. The second-order valence-electron chi connectivity index (χ2n) is 5.30. The van der Waals surface area contributed by atoms with Gasteiger partial charge in [0.15, 0.2) is 0 Å². The van der Waals surface area contributed by atoms with Gasteiger partial charge in [-0.25, -0.2) is 4.39 Å². The minimum Gasteiger partial charge on any atom is -0.493 e. The van der Waals surface area contributed by atoms with Crippen molar-refractivity contribution in [3.8, 4) is 5.75 Å². The molecule has 2 aromatic rings. The van der Waals surface area contributed by atoms with Crippen LogP contribution in [0.2, 0.25) is 0 Å². The molecule has 0 aromatic heterocycles. The number of fused-ring (bicyclic) bond motifs is 1. The highest BCUT2D eigenvalue weighted by molar-refractivity contribution is 9.10. The van der Waals surface area contributed by atoms with Crippen LogP contribution in [0.5, 0.6) is 5.75 Å². The monoisotopic (exact) mass is 350 g/mol. The third-order valence-corrected chi connectivity index (χ3v) is 4.19. The Hall–Kier alpha value is -1.39. The number of aliphatic hydroxyl groups is 1. The van der Waals surface area contributed by atoms with E-state index in [1.807, 2.05) is 12.1 Å². The van der Waals surface area contributed by atoms with E-state index in [0.717, 1.165) is 25.2 Å². The minimum atomic E-state index is -0.665. The van der Waals surface area contributed by atoms with Crippen molar-refractivity contribution in [2.75, 3.05) is 6.61 Å². The molecule has 21 heavy (non-hydrogen) atoms. The second kappa shape index (κ2) is 6.16. The van der Waals surface area contributed by atoms with Gasteiger partial charge in [0.25, 0.3) is 0 Å². The first-order valence-electron chi connectivity index (χ1n) is 7.00. The summed E-state index contributed by atoms with van der Waals surface area (Å²) in [6.45, 7) is 0.749. The van der Waals surface area contributed by atoms with E-state index in [4.69, 9.17) is 4.74 Å². The van der Waals surface area contributed by atoms with Gasteiger partial charge in [0.05, 0.1) is 12.7 Å². The van der Waals surface area contributed by atoms with Crippen LogP contribution in [0.4, 0.5) is 4.39 Å². The van der Waals surface area contributed by atoms with Gasteiger partial charge in [-0.05, 0) is 53.8 Å². The molecule has 0 aliphatic carbocycles. The van der Waals surface area contributed by atoms with Gasteiger partial charge in [-0.3, -0.25) is 0 Å². The van der Waals surface area contributed by atoms with E-state index in [2.05, 4.69) is 22.0 Å². The summed E-state index contributed by atoms with van der Waals surface area (Å²) in [5.74, 6) is 0.626. The summed E-state index contributed by atoms with van der Waals surface area (Å²) < 4.78 is 19.5. The Bertz CT molecular complexity index is 637. The molecule has 0 fully saturated rings. The molecule has 1 heterocycles. The lowest BCUT2D eigenvalue weighted by molar-refractivity contribution is 0.167. The van der Waals surface area contributed by atoms with Crippen molar-refractivity contribution >= 4 is 15.9 Å². The molecule has 0 bridgehead atoms. The fourth-order valence-electron chi connectivity index (χ4n) is 2.63. The van der Waals surface area contributed by atoms with Gasteiger partial charge in [0.1, 0.15) is 11.6 Å². The lowest BCUT2D eigenvalue weighted by atomic mass is 9.99. The van der Waals surface area contributed by atoms with Crippen LogP contribution in [0.15, 0.2) is 40.9 Å². The van der Waals surface area contributed by atoms with E-state index >= 15 is 0 Å². The summed E-state index contributed by atoms with van der Waals surface area (Å²) >= 11 is 3.25. The highest BCUT2D eigenvalue weighted by Gasteiger charge is 2.14. The predicted molar refractivity (Wildman–Crippen MR) is 83.0 cm³/mol. The zero-order chi connectivity index (χ0) is 14.8. The molecule has 1 aliphatic rings. The molecular weight excluding hydrogens is 335 g/mol.